The van der Waals surface area contributed by atoms with Crippen LogP contribution in [0.15, 0.2) is 34.9 Å². The van der Waals surface area contributed by atoms with Gasteiger partial charge in [-0.1, -0.05) is 31.1 Å². The van der Waals surface area contributed by atoms with Gasteiger partial charge in [-0.05, 0) is 87.7 Å². The van der Waals surface area contributed by atoms with E-state index in [1.165, 1.54) is 5.57 Å². The number of ether oxygens (including phenoxy) is 2. The fourth-order valence-corrected chi connectivity index (χ4v) is 8.80. The van der Waals surface area contributed by atoms with E-state index in [9.17, 15) is 14.7 Å². The van der Waals surface area contributed by atoms with E-state index in [2.05, 4.69) is 33.8 Å². The maximum Gasteiger partial charge on any atom is 0.333 e. The molecular formula is C28H36O5. The van der Waals surface area contributed by atoms with Gasteiger partial charge in [0.25, 0.3) is 0 Å². The summed E-state index contributed by atoms with van der Waals surface area (Å²) in [7, 11) is 0. The Morgan fingerprint density at radius 2 is 1.97 bits per heavy atom. The molecule has 6 aliphatic rings. The summed E-state index contributed by atoms with van der Waals surface area (Å²) < 4.78 is 12.1. The van der Waals surface area contributed by atoms with Crippen LogP contribution in [0.25, 0.3) is 0 Å². The zero-order valence-electron chi connectivity index (χ0n) is 20.4. The average Bonchev–Trinajstić information content (AvgIpc) is 3.41. The van der Waals surface area contributed by atoms with E-state index >= 15 is 0 Å². The highest BCUT2D eigenvalue weighted by Gasteiger charge is 2.79. The van der Waals surface area contributed by atoms with Crippen molar-refractivity contribution in [1.29, 1.82) is 0 Å². The highest BCUT2D eigenvalue weighted by molar-refractivity contribution is 5.98. The minimum Gasteiger partial charge on any atom is -0.458 e. The third kappa shape index (κ3) is 2.51. The minimum absolute atomic E-state index is 0.0501. The van der Waals surface area contributed by atoms with Gasteiger partial charge in [0.05, 0.1) is 11.5 Å². The molecule has 0 radical (unpaired) electrons. The van der Waals surface area contributed by atoms with Crippen LogP contribution in [0.1, 0.15) is 66.7 Å². The second kappa shape index (κ2) is 6.69. The van der Waals surface area contributed by atoms with Gasteiger partial charge < -0.3 is 14.6 Å². The van der Waals surface area contributed by atoms with E-state index in [1.54, 1.807) is 12.2 Å². The minimum atomic E-state index is -0.725. The molecule has 3 fully saturated rings. The topological polar surface area (TPSA) is 76.1 Å². The van der Waals surface area contributed by atoms with E-state index in [4.69, 9.17) is 9.47 Å². The summed E-state index contributed by atoms with van der Waals surface area (Å²) in [6.45, 7) is 10.6. The molecule has 1 saturated heterocycles. The Kier molecular flexibility index (Phi) is 4.42. The summed E-state index contributed by atoms with van der Waals surface area (Å²) in [5, 5.41) is 10.8. The van der Waals surface area contributed by atoms with E-state index in [1.807, 2.05) is 6.92 Å². The highest BCUT2D eigenvalue weighted by Crippen LogP contribution is 2.72. The number of cyclic esters (lactones) is 1. The van der Waals surface area contributed by atoms with Crippen molar-refractivity contribution in [2.45, 2.75) is 90.6 Å². The van der Waals surface area contributed by atoms with Crippen LogP contribution in [0.2, 0.25) is 0 Å². The van der Waals surface area contributed by atoms with Crippen LogP contribution in [0.3, 0.4) is 0 Å². The largest absolute Gasteiger partial charge is 0.458 e. The SMILES string of the molecule is CC1=C(C)C(=O)OC(C(C)C2CC=C3C4CC5OC56C(O)C=CC(=O)C6(C)C4CCC32C)C1. The number of aliphatic hydroxyl groups is 1. The van der Waals surface area contributed by atoms with Crippen molar-refractivity contribution in [3.05, 3.63) is 34.9 Å². The fraction of sp³-hybridized carbons (Fsp3) is 0.714. The number of rotatable bonds is 2. The van der Waals surface area contributed by atoms with Gasteiger partial charge in [-0.15, -0.1) is 0 Å². The first-order valence-corrected chi connectivity index (χ1v) is 12.7. The lowest BCUT2D eigenvalue weighted by Gasteiger charge is -2.56. The molecule has 2 saturated carbocycles. The predicted octanol–water partition coefficient (Wildman–Crippen LogP) is 4.30. The molecule has 2 heterocycles. The molecule has 1 spiro atoms. The van der Waals surface area contributed by atoms with Gasteiger partial charge in [0, 0.05) is 12.0 Å². The zero-order valence-corrected chi connectivity index (χ0v) is 20.4. The summed E-state index contributed by atoms with van der Waals surface area (Å²) >= 11 is 0. The standard InChI is InChI=1S/C28H36O5/c1-14-12-21(32-25(31)15(14)2)16(3)18-6-7-19-17-13-24-28(33-24)23(30)9-8-22(29)27(28,5)20(17)10-11-26(18,19)4/h7-9,16-18,20-21,23-24,30H,6,10-13H2,1-5H3. The van der Waals surface area contributed by atoms with Gasteiger partial charge in [0.2, 0.25) is 0 Å². The number of esters is 1. The Hall–Kier alpha value is -1.72. The van der Waals surface area contributed by atoms with Gasteiger partial charge in [-0.25, -0.2) is 4.79 Å². The van der Waals surface area contributed by atoms with Crippen molar-refractivity contribution in [3.8, 4) is 0 Å². The second-order valence-electron chi connectivity index (χ2n) is 12.1. The first-order chi connectivity index (χ1) is 15.6. The smallest absolute Gasteiger partial charge is 0.333 e. The van der Waals surface area contributed by atoms with Gasteiger partial charge in [0.15, 0.2) is 5.78 Å². The summed E-state index contributed by atoms with van der Waals surface area (Å²) in [4.78, 5) is 25.7. The summed E-state index contributed by atoms with van der Waals surface area (Å²) in [5.74, 6) is 1.14. The lowest BCUT2D eigenvalue weighted by molar-refractivity contribution is -0.151. The van der Waals surface area contributed by atoms with Crippen LogP contribution in [0, 0.1) is 34.5 Å². The molecule has 0 bridgehead atoms. The van der Waals surface area contributed by atoms with Crippen molar-refractivity contribution in [2.75, 3.05) is 0 Å². The van der Waals surface area contributed by atoms with Crippen LogP contribution < -0.4 is 0 Å². The number of carbonyl (C=O) groups excluding carboxylic acids is 2. The molecule has 0 aromatic rings. The normalized spacial score (nSPS) is 51.2. The predicted molar refractivity (Wildman–Crippen MR) is 123 cm³/mol. The Morgan fingerprint density at radius 3 is 2.70 bits per heavy atom. The number of allylic oxidation sites excluding steroid dienone is 3. The van der Waals surface area contributed by atoms with E-state index in [0.29, 0.717) is 11.8 Å². The molecule has 178 valence electrons. The van der Waals surface area contributed by atoms with Crippen LogP contribution in [0.5, 0.6) is 0 Å². The monoisotopic (exact) mass is 452 g/mol. The van der Waals surface area contributed by atoms with E-state index < -0.39 is 17.1 Å². The molecule has 10 unspecified atom stereocenters. The molecule has 5 heteroatoms. The molecule has 33 heavy (non-hydrogen) atoms. The molecule has 0 aromatic carbocycles. The number of ketones is 1. The molecule has 5 nitrogen and oxygen atoms in total. The average molecular weight is 453 g/mol. The lowest BCUT2D eigenvalue weighted by atomic mass is 9.45. The summed E-state index contributed by atoms with van der Waals surface area (Å²) in [6, 6.07) is 0. The number of aliphatic hydroxyl groups excluding tert-OH is 1. The van der Waals surface area contributed by atoms with Crippen molar-refractivity contribution in [2.24, 2.45) is 34.5 Å². The maximum atomic E-state index is 13.3. The van der Waals surface area contributed by atoms with Gasteiger partial charge in [0.1, 0.15) is 17.8 Å². The number of carbonyl (C=O) groups is 2. The first kappa shape index (κ1) is 21.8. The van der Waals surface area contributed by atoms with Crippen molar-refractivity contribution in [1.82, 2.24) is 0 Å². The molecule has 0 aromatic heterocycles. The number of hydrogen-bond acceptors (Lipinski definition) is 5. The maximum absolute atomic E-state index is 13.3. The third-order valence-corrected chi connectivity index (χ3v) is 11.0. The number of epoxide rings is 1. The van der Waals surface area contributed by atoms with Crippen molar-refractivity contribution in [3.63, 3.8) is 0 Å². The molecule has 2 aliphatic heterocycles. The zero-order chi connectivity index (χ0) is 23.5. The first-order valence-electron chi connectivity index (χ1n) is 12.7. The molecule has 10 atom stereocenters. The van der Waals surface area contributed by atoms with Crippen LogP contribution in [0.4, 0.5) is 0 Å². The highest BCUT2D eigenvalue weighted by atomic mass is 16.6. The summed E-state index contributed by atoms with van der Waals surface area (Å²) in [6.07, 6.45) is 9.52. The van der Waals surface area contributed by atoms with Crippen LogP contribution >= 0.6 is 0 Å². The van der Waals surface area contributed by atoms with Crippen LogP contribution in [-0.4, -0.2) is 40.8 Å². The number of fused-ring (bicyclic) bond motifs is 4. The quantitative estimate of drug-likeness (QED) is 0.384. The van der Waals surface area contributed by atoms with Crippen molar-refractivity contribution < 1.29 is 24.2 Å². The van der Waals surface area contributed by atoms with E-state index in [0.717, 1.165) is 43.3 Å². The molecule has 1 N–H and O–H groups in total. The molecule has 4 aliphatic carbocycles. The molecular weight excluding hydrogens is 416 g/mol. The molecule has 6 rings (SSSR count). The lowest BCUT2D eigenvalue weighted by Crippen LogP contribution is -2.62. The summed E-state index contributed by atoms with van der Waals surface area (Å²) in [5.41, 5.74) is 2.05. The Labute approximate surface area is 196 Å². The molecule has 0 amide bonds. The van der Waals surface area contributed by atoms with Gasteiger partial charge in [-0.3, -0.25) is 4.79 Å². The van der Waals surface area contributed by atoms with Crippen molar-refractivity contribution >= 4 is 11.8 Å². The van der Waals surface area contributed by atoms with E-state index in [-0.39, 0.29) is 41.2 Å². The third-order valence-electron chi connectivity index (χ3n) is 11.0. The fourth-order valence-electron chi connectivity index (χ4n) is 8.80. The Balaban J connectivity index is 1.29. The second-order valence-corrected chi connectivity index (χ2v) is 12.1. The Bertz CT molecular complexity index is 1040. The Morgan fingerprint density at radius 1 is 1.21 bits per heavy atom. The number of hydrogen-bond donors (Lipinski definition) is 1. The van der Waals surface area contributed by atoms with Gasteiger partial charge >= 0.3 is 5.97 Å². The van der Waals surface area contributed by atoms with Crippen LogP contribution in [-0.2, 0) is 19.1 Å². The van der Waals surface area contributed by atoms with Gasteiger partial charge in [-0.2, -0.15) is 0 Å².